The van der Waals surface area contributed by atoms with E-state index in [2.05, 4.69) is 44.3 Å². The number of carbonyl (C=O) groups is 1. The van der Waals surface area contributed by atoms with Crippen molar-refractivity contribution in [3.05, 3.63) is 58.5 Å². The number of nitrogens with zero attached hydrogens (tertiary/aromatic N) is 4. The molecule has 0 radical (unpaired) electrons. The summed E-state index contributed by atoms with van der Waals surface area (Å²) in [6, 6.07) is 13.2. The number of hydrogen-bond acceptors (Lipinski definition) is 6. The Balaban J connectivity index is 1.30. The van der Waals surface area contributed by atoms with Crippen LogP contribution < -0.4 is 10.5 Å². The number of benzene rings is 1. The van der Waals surface area contributed by atoms with Crippen LogP contribution in [0.2, 0.25) is 0 Å². The normalized spacial score (nSPS) is 23.2. The molecule has 8 nitrogen and oxygen atoms in total. The maximum atomic E-state index is 12.7. The minimum Gasteiger partial charge on any atom is -0.388 e. The summed E-state index contributed by atoms with van der Waals surface area (Å²) < 4.78 is 0. The number of nitrogens with one attached hydrogen (secondary N) is 1. The molecule has 2 aliphatic rings. The van der Waals surface area contributed by atoms with Crippen molar-refractivity contribution < 1.29 is 9.90 Å². The third kappa shape index (κ3) is 4.88. The molecule has 1 atom stereocenters. The van der Waals surface area contributed by atoms with Crippen molar-refractivity contribution in [3.63, 3.8) is 0 Å². The minimum absolute atomic E-state index is 0.202. The van der Waals surface area contributed by atoms with Crippen LogP contribution in [0.4, 0.5) is 5.69 Å². The van der Waals surface area contributed by atoms with E-state index in [1.807, 2.05) is 6.07 Å². The first-order valence-electron chi connectivity index (χ1n) is 10.6. The zero-order valence-electron chi connectivity index (χ0n) is 17.2. The van der Waals surface area contributed by atoms with E-state index in [1.165, 1.54) is 17.8 Å². The highest BCUT2D eigenvalue weighted by molar-refractivity contribution is 5.92. The van der Waals surface area contributed by atoms with Gasteiger partial charge in [0.15, 0.2) is 0 Å². The van der Waals surface area contributed by atoms with E-state index < -0.39 is 5.60 Å². The van der Waals surface area contributed by atoms with Gasteiger partial charge in [-0.3, -0.25) is 14.5 Å². The number of para-hydroxylation sites is 1. The molecule has 2 saturated heterocycles. The van der Waals surface area contributed by atoms with Crippen LogP contribution in [-0.4, -0.2) is 82.4 Å². The van der Waals surface area contributed by atoms with Gasteiger partial charge in [0.2, 0.25) is 0 Å². The first-order chi connectivity index (χ1) is 14.5. The number of rotatable bonds is 4. The second-order valence-corrected chi connectivity index (χ2v) is 8.28. The molecule has 3 heterocycles. The second-order valence-electron chi connectivity index (χ2n) is 8.28. The van der Waals surface area contributed by atoms with E-state index in [0.29, 0.717) is 32.5 Å². The summed E-state index contributed by atoms with van der Waals surface area (Å²) in [6.07, 6.45) is 1.96. The van der Waals surface area contributed by atoms with E-state index in [1.54, 1.807) is 4.90 Å². The number of amides is 1. The van der Waals surface area contributed by atoms with Crippen molar-refractivity contribution in [2.24, 2.45) is 0 Å². The summed E-state index contributed by atoms with van der Waals surface area (Å²) in [5.74, 6) is -0.202. The Morgan fingerprint density at radius 3 is 2.47 bits per heavy atom. The Kier molecular flexibility index (Phi) is 6.15. The summed E-state index contributed by atoms with van der Waals surface area (Å²) in [6.45, 7) is 5.44. The van der Waals surface area contributed by atoms with Crippen LogP contribution in [0.1, 0.15) is 29.8 Å². The van der Waals surface area contributed by atoms with Crippen molar-refractivity contribution in [2.45, 2.75) is 24.9 Å². The maximum absolute atomic E-state index is 12.7. The van der Waals surface area contributed by atoms with Crippen molar-refractivity contribution >= 4 is 11.6 Å². The molecule has 2 aliphatic heterocycles. The highest BCUT2D eigenvalue weighted by Gasteiger charge is 2.34. The van der Waals surface area contributed by atoms with Crippen molar-refractivity contribution in [2.75, 3.05) is 50.7 Å². The average Bonchev–Trinajstić information content (AvgIpc) is 2.96. The molecule has 1 amide bonds. The minimum atomic E-state index is -0.789. The number of H-pyrrole nitrogens is 1. The Labute approximate surface area is 176 Å². The fraction of sp³-hybridized carbons (Fsp3) is 0.500. The number of likely N-dealkylation sites (tertiary alicyclic amines) is 1. The Hall–Kier alpha value is -2.71. The van der Waals surface area contributed by atoms with Gasteiger partial charge in [0, 0.05) is 57.6 Å². The molecule has 1 aromatic carbocycles. The third-order valence-corrected chi connectivity index (χ3v) is 6.11. The monoisotopic (exact) mass is 411 g/mol. The lowest BCUT2D eigenvalue weighted by Gasteiger charge is -2.40. The molecule has 2 N–H and O–H groups in total. The summed E-state index contributed by atoms with van der Waals surface area (Å²) in [5, 5.41) is 17.4. The fourth-order valence-corrected chi connectivity index (χ4v) is 4.38. The largest absolute Gasteiger partial charge is 0.388 e. The van der Waals surface area contributed by atoms with Crippen LogP contribution >= 0.6 is 0 Å². The number of anilines is 1. The SMILES string of the molecule is O=C(c1ccc(=O)[nH]n1)N1CCCC(O)(CN2CCN(c3ccccc3)CC2)CC1. The smallest absolute Gasteiger partial charge is 0.274 e. The standard InChI is InChI=1S/C22H29N5O3/c28-20-8-7-19(23-24-20)21(29)27-11-4-9-22(30,10-12-27)17-25-13-15-26(16-14-25)18-5-2-1-3-6-18/h1-3,5-8,30H,4,9-17H2,(H,24,28). The number of aromatic nitrogens is 2. The summed E-state index contributed by atoms with van der Waals surface area (Å²) in [5.41, 5.74) is 0.360. The molecule has 30 heavy (non-hydrogen) atoms. The van der Waals surface area contributed by atoms with Crippen LogP contribution in [0.5, 0.6) is 0 Å². The number of β-amino-alcohol motifs (C(OH)–C–C–N with tert-alkyl or cyclic N) is 1. The fourth-order valence-electron chi connectivity index (χ4n) is 4.38. The van der Waals surface area contributed by atoms with Crippen molar-refractivity contribution in [1.29, 1.82) is 0 Å². The van der Waals surface area contributed by atoms with Crippen LogP contribution in [0.15, 0.2) is 47.3 Å². The lowest BCUT2D eigenvalue weighted by molar-refractivity contribution is -0.00957. The zero-order chi connectivity index (χ0) is 21.0. The van der Waals surface area contributed by atoms with E-state index in [9.17, 15) is 14.7 Å². The predicted molar refractivity (Wildman–Crippen MR) is 115 cm³/mol. The van der Waals surface area contributed by atoms with Crippen LogP contribution in [0, 0.1) is 0 Å². The molecule has 0 spiro atoms. The van der Waals surface area contributed by atoms with Gasteiger partial charge >= 0.3 is 0 Å². The lowest BCUT2D eigenvalue weighted by Crippen LogP contribution is -2.52. The number of carbonyl (C=O) groups excluding carboxylic acids is 1. The van der Waals surface area contributed by atoms with Crippen molar-refractivity contribution in [1.82, 2.24) is 20.0 Å². The number of piperazine rings is 1. The third-order valence-electron chi connectivity index (χ3n) is 6.11. The molecule has 8 heteroatoms. The molecule has 1 aromatic heterocycles. The molecule has 0 saturated carbocycles. The topological polar surface area (TPSA) is 92.8 Å². The highest BCUT2D eigenvalue weighted by Crippen LogP contribution is 2.25. The molecular weight excluding hydrogens is 382 g/mol. The number of hydrogen-bond donors (Lipinski definition) is 2. The number of aromatic amines is 1. The maximum Gasteiger partial charge on any atom is 0.274 e. The summed E-state index contributed by atoms with van der Waals surface area (Å²) in [7, 11) is 0. The van der Waals surface area contributed by atoms with Gasteiger partial charge in [0.25, 0.3) is 11.5 Å². The Morgan fingerprint density at radius 1 is 1.00 bits per heavy atom. The van der Waals surface area contributed by atoms with Crippen LogP contribution in [-0.2, 0) is 0 Å². The first-order valence-corrected chi connectivity index (χ1v) is 10.6. The molecule has 1 unspecified atom stereocenters. The van der Waals surface area contributed by atoms with E-state index >= 15 is 0 Å². The summed E-state index contributed by atoms with van der Waals surface area (Å²) in [4.78, 5) is 30.3. The zero-order valence-corrected chi connectivity index (χ0v) is 17.2. The van der Waals surface area contributed by atoms with E-state index in [-0.39, 0.29) is 17.2 Å². The van der Waals surface area contributed by atoms with Gasteiger partial charge in [-0.25, -0.2) is 5.10 Å². The molecule has 0 bridgehead atoms. The van der Waals surface area contributed by atoms with Gasteiger partial charge in [0.05, 0.1) is 5.60 Å². The van der Waals surface area contributed by atoms with Gasteiger partial charge in [0.1, 0.15) is 5.69 Å². The number of aliphatic hydroxyl groups is 1. The second kappa shape index (κ2) is 8.97. The van der Waals surface area contributed by atoms with Gasteiger partial charge in [-0.05, 0) is 37.5 Å². The van der Waals surface area contributed by atoms with Gasteiger partial charge in [-0.15, -0.1) is 0 Å². The van der Waals surface area contributed by atoms with Crippen LogP contribution in [0.3, 0.4) is 0 Å². The van der Waals surface area contributed by atoms with Gasteiger partial charge in [-0.2, -0.15) is 5.10 Å². The van der Waals surface area contributed by atoms with Crippen LogP contribution in [0.25, 0.3) is 0 Å². The summed E-state index contributed by atoms with van der Waals surface area (Å²) >= 11 is 0. The Bertz CT molecular complexity index is 890. The Morgan fingerprint density at radius 2 is 1.77 bits per heavy atom. The quantitative estimate of drug-likeness (QED) is 0.778. The lowest BCUT2D eigenvalue weighted by atomic mass is 9.94. The molecule has 2 fully saturated rings. The predicted octanol–water partition coefficient (Wildman–Crippen LogP) is 0.949. The molecular formula is C22H29N5O3. The molecule has 4 rings (SSSR count). The first kappa shape index (κ1) is 20.6. The van der Waals surface area contributed by atoms with Gasteiger partial charge in [-0.1, -0.05) is 18.2 Å². The average molecular weight is 412 g/mol. The molecule has 160 valence electrons. The van der Waals surface area contributed by atoms with Gasteiger partial charge < -0.3 is 14.9 Å². The van der Waals surface area contributed by atoms with E-state index in [4.69, 9.17) is 0 Å². The van der Waals surface area contributed by atoms with Crippen molar-refractivity contribution in [3.8, 4) is 0 Å². The molecule has 0 aliphatic carbocycles. The van der Waals surface area contributed by atoms with E-state index in [0.717, 1.165) is 32.6 Å². The molecule has 2 aromatic rings. The highest BCUT2D eigenvalue weighted by atomic mass is 16.3.